The Hall–Kier alpha value is -2.93. The lowest BCUT2D eigenvalue weighted by molar-refractivity contribution is 0.902. The maximum Gasteiger partial charge on any atom is 0.120 e. The van der Waals surface area contributed by atoms with Gasteiger partial charge in [-0.25, -0.2) is 0 Å². The fraction of sp³-hybridized carbons (Fsp3) is 0.118. The van der Waals surface area contributed by atoms with Gasteiger partial charge in [0.25, 0.3) is 0 Å². The van der Waals surface area contributed by atoms with Gasteiger partial charge in [-0.3, -0.25) is 0 Å². The molecule has 3 aromatic rings. The van der Waals surface area contributed by atoms with E-state index in [2.05, 4.69) is 28.1 Å². The monoisotopic (exact) mass is 276 g/mol. The second-order valence-electron chi connectivity index (χ2n) is 4.95. The van der Waals surface area contributed by atoms with E-state index < -0.39 is 0 Å². The van der Waals surface area contributed by atoms with Gasteiger partial charge in [0.1, 0.15) is 11.8 Å². The van der Waals surface area contributed by atoms with E-state index in [0.717, 1.165) is 16.9 Å². The Labute approximate surface area is 123 Å². The summed E-state index contributed by atoms with van der Waals surface area (Å²) in [4.78, 5) is 0. The van der Waals surface area contributed by atoms with Crippen molar-refractivity contribution in [2.24, 2.45) is 7.05 Å². The van der Waals surface area contributed by atoms with E-state index in [1.807, 2.05) is 60.5 Å². The minimum Gasteiger partial charge on any atom is -0.381 e. The van der Waals surface area contributed by atoms with Crippen LogP contribution >= 0.6 is 0 Å². The molecule has 0 amide bonds. The first-order chi connectivity index (χ1) is 10.3. The molecule has 0 radical (unpaired) electrons. The molecular formula is C17H16N4. The number of hydrogen-bond donors (Lipinski definition) is 1. The number of benzene rings is 1. The number of nitrogens with zero attached hydrogens (tertiary/aromatic N) is 3. The summed E-state index contributed by atoms with van der Waals surface area (Å²) >= 11 is 0. The van der Waals surface area contributed by atoms with Crippen LogP contribution in [0.15, 0.2) is 61.1 Å². The molecule has 0 aliphatic rings. The number of nitrogens with one attached hydrogen (secondary N) is 1. The van der Waals surface area contributed by atoms with Gasteiger partial charge >= 0.3 is 0 Å². The summed E-state index contributed by atoms with van der Waals surface area (Å²) in [7, 11) is 1.88. The molecule has 0 aliphatic heterocycles. The molecule has 104 valence electrons. The van der Waals surface area contributed by atoms with Gasteiger partial charge in [0.15, 0.2) is 0 Å². The summed E-state index contributed by atoms with van der Waals surface area (Å²) in [5.41, 5.74) is 3.95. The Bertz CT molecular complexity index is 775. The number of aromatic nitrogens is 2. The van der Waals surface area contributed by atoms with Crippen molar-refractivity contribution >= 4 is 5.69 Å². The molecule has 3 rings (SSSR count). The standard InChI is InChI=1S/C17H16N4/c1-20-13-14(9-17(20)11-18)12-19-15-5-4-6-16(10-15)21-7-2-3-8-21/h2-10,13,19H,12H2,1H3. The molecule has 0 spiro atoms. The molecule has 0 saturated carbocycles. The summed E-state index contributed by atoms with van der Waals surface area (Å²) in [5.74, 6) is 0. The Balaban J connectivity index is 1.73. The molecule has 4 heteroatoms. The molecule has 21 heavy (non-hydrogen) atoms. The lowest BCUT2D eigenvalue weighted by Crippen LogP contribution is -1.99. The fourth-order valence-corrected chi connectivity index (χ4v) is 2.33. The number of anilines is 1. The van der Waals surface area contributed by atoms with Gasteiger partial charge in [0.2, 0.25) is 0 Å². The molecule has 0 saturated heterocycles. The third kappa shape index (κ3) is 2.82. The highest BCUT2D eigenvalue weighted by Crippen LogP contribution is 2.16. The Morgan fingerprint density at radius 2 is 1.95 bits per heavy atom. The third-order valence-corrected chi connectivity index (χ3v) is 3.42. The van der Waals surface area contributed by atoms with Crippen molar-refractivity contribution in [1.82, 2.24) is 9.13 Å². The molecular weight excluding hydrogens is 260 g/mol. The van der Waals surface area contributed by atoms with E-state index in [1.54, 1.807) is 0 Å². The SMILES string of the molecule is Cn1cc(CNc2cccc(-n3cccc3)c2)cc1C#N. The van der Waals surface area contributed by atoms with E-state index in [1.165, 1.54) is 0 Å². The first kappa shape index (κ1) is 13.1. The molecule has 1 aromatic carbocycles. The molecule has 4 nitrogen and oxygen atoms in total. The van der Waals surface area contributed by atoms with Gasteiger partial charge in [-0.05, 0) is 42.0 Å². The van der Waals surface area contributed by atoms with E-state index >= 15 is 0 Å². The van der Waals surface area contributed by atoms with Crippen LogP contribution in [0.3, 0.4) is 0 Å². The molecule has 0 bridgehead atoms. The average Bonchev–Trinajstić information content (AvgIpc) is 3.15. The minimum atomic E-state index is 0.674. The van der Waals surface area contributed by atoms with Crippen molar-refractivity contribution in [3.8, 4) is 11.8 Å². The first-order valence-corrected chi connectivity index (χ1v) is 6.79. The Kier molecular flexibility index (Phi) is 3.48. The van der Waals surface area contributed by atoms with Crippen LogP contribution in [-0.4, -0.2) is 9.13 Å². The van der Waals surface area contributed by atoms with E-state index in [9.17, 15) is 0 Å². The van der Waals surface area contributed by atoms with Gasteiger partial charge in [-0.2, -0.15) is 5.26 Å². The molecule has 2 aromatic heterocycles. The molecule has 1 N–H and O–H groups in total. The molecule has 0 atom stereocenters. The summed E-state index contributed by atoms with van der Waals surface area (Å²) in [6, 6.07) is 16.3. The number of hydrogen-bond acceptors (Lipinski definition) is 2. The summed E-state index contributed by atoms with van der Waals surface area (Å²) in [5, 5.41) is 12.4. The predicted molar refractivity (Wildman–Crippen MR) is 83.2 cm³/mol. The number of aryl methyl sites for hydroxylation is 1. The Morgan fingerprint density at radius 1 is 1.14 bits per heavy atom. The largest absolute Gasteiger partial charge is 0.381 e. The van der Waals surface area contributed by atoms with Crippen LogP contribution in [0, 0.1) is 11.3 Å². The van der Waals surface area contributed by atoms with Crippen molar-refractivity contribution in [2.45, 2.75) is 6.54 Å². The molecule has 0 fully saturated rings. The topological polar surface area (TPSA) is 45.7 Å². The quantitative estimate of drug-likeness (QED) is 0.794. The molecule has 0 aliphatic carbocycles. The van der Waals surface area contributed by atoms with E-state index in [4.69, 9.17) is 5.26 Å². The smallest absolute Gasteiger partial charge is 0.120 e. The zero-order valence-electron chi connectivity index (χ0n) is 11.8. The highest BCUT2D eigenvalue weighted by atomic mass is 15.0. The highest BCUT2D eigenvalue weighted by Gasteiger charge is 2.02. The van der Waals surface area contributed by atoms with Crippen molar-refractivity contribution in [1.29, 1.82) is 5.26 Å². The fourth-order valence-electron chi connectivity index (χ4n) is 2.33. The maximum atomic E-state index is 8.97. The normalized spacial score (nSPS) is 10.3. The minimum absolute atomic E-state index is 0.674. The van der Waals surface area contributed by atoms with Crippen LogP contribution in [0.2, 0.25) is 0 Å². The first-order valence-electron chi connectivity index (χ1n) is 6.79. The van der Waals surface area contributed by atoms with Crippen LogP contribution < -0.4 is 5.32 Å². The predicted octanol–water partition coefficient (Wildman–Crippen LogP) is 3.30. The van der Waals surface area contributed by atoms with E-state index in [-0.39, 0.29) is 0 Å². The number of nitriles is 1. The summed E-state index contributed by atoms with van der Waals surface area (Å²) in [6.45, 7) is 0.699. The van der Waals surface area contributed by atoms with Crippen LogP contribution in [0.1, 0.15) is 11.3 Å². The third-order valence-electron chi connectivity index (χ3n) is 3.42. The summed E-state index contributed by atoms with van der Waals surface area (Å²) in [6.07, 6.45) is 6.02. The zero-order chi connectivity index (χ0) is 14.7. The van der Waals surface area contributed by atoms with Gasteiger partial charge < -0.3 is 14.5 Å². The van der Waals surface area contributed by atoms with E-state index in [0.29, 0.717) is 12.2 Å². The van der Waals surface area contributed by atoms with Gasteiger partial charge in [-0.15, -0.1) is 0 Å². The van der Waals surface area contributed by atoms with Crippen LogP contribution in [0.4, 0.5) is 5.69 Å². The lowest BCUT2D eigenvalue weighted by atomic mass is 10.2. The van der Waals surface area contributed by atoms with Crippen molar-refractivity contribution in [2.75, 3.05) is 5.32 Å². The van der Waals surface area contributed by atoms with Crippen molar-refractivity contribution in [3.05, 3.63) is 72.3 Å². The second kappa shape index (κ2) is 5.59. The molecule has 2 heterocycles. The average molecular weight is 276 g/mol. The van der Waals surface area contributed by atoms with Gasteiger partial charge in [0.05, 0.1) is 0 Å². The Morgan fingerprint density at radius 3 is 2.67 bits per heavy atom. The zero-order valence-corrected chi connectivity index (χ0v) is 11.8. The highest BCUT2D eigenvalue weighted by molar-refractivity contribution is 5.51. The van der Waals surface area contributed by atoms with Gasteiger partial charge in [0, 0.05) is 43.6 Å². The van der Waals surface area contributed by atoms with Crippen LogP contribution in [0.25, 0.3) is 5.69 Å². The lowest BCUT2D eigenvalue weighted by Gasteiger charge is -2.08. The molecule has 0 unspecified atom stereocenters. The maximum absolute atomic E-state index is 8.97. The van der Waals surface area contributed by atoms with Crippen LogP contribution in [-0.2, 0) is 13.6 Å². The van der Waals surface area contributed by atoms with Crippen molar-refractivity contribution < 1.29 is 0 Å². The second-order valence-corrected chi connectivity index (χ2v) is 4.95. The van der Waals surface area contributed by atoms with Gasteiger partial charge in [-0.1, -0.05) is 6.07 Å². The summed E-state index contributed by atoms with van der Waals surface area (Å²) < 4.78 is 3.91. The van der Waals surface area contributed by atoms with Crippen molar-refractivity contribution in [3.63, 3.8) is 0 Å². The van der Waals surface area contributed by atoms with Crippen LogP contribution in [0.5, 0.6) is 0 Å². The number of rotatable bonds is 4.